The number of phosphoric ester groups is 2. The van der Waals surface area contributed by atoms with E-state index in [4.69, 9.17) is 37.0 Å². The van der Waals surface area contributed by atoms with Crippen LogP contribution in [0.3, 0.4) is 0 Å². The minimum atomic E-state index is -4.97. The van der Waals surface area contributed by atoms with E-state index in [0.29, 0.717) is 25.7 Å². The van der Waals surface area contributed by atoms with E-state index in [1.165, 1.54) is 308 Å². The quantitative estimate of drug-likeness (QED) is 0.0222. The van der Waals surface area contributed by atoms with Crippen LogP contribution in [0.15, 0.2) is 0 Å². The van der Waals surface area contributed by atoms with Crippen molar-refractivity contribution in [3.8, 4) is 0 Å². The molecule has 6 atom stereocenters. The lowest BCUT2D eigenvalue weighted by atomic mass is 9.99. The lowest BCUT2D eigenvalue weighted by Crippen LogP contribution is -2.30. The molecular formula is C91H178O17P2. The summed E-state index contributed by atoms with van der Waals surface area (Å²) >= 11 is 0. The first-order valence-corrected chi connectivity index (χ1v) is 50.0. The van der Waals surface area contributed by atoms with Gasteiger partial charge in [0.05, 0.1) is 26.4 Å². The molecule has 0 fully saturated rings. The van der Waals surface area contributed by atoms with Gasteiger partial charge in [-0.3, -0.25) is 37.3 Å². The molecule has 0 spiro atoms. The minimum Gasteiger partial charge on any atom is -0.462 e. The van der Waals surface area contributed by atoms with Crippen LogP contribution in [0.4, 0.5) is 0 Å². The lowest BCUT2D eigenvalue weighted by Gasteiger charge is -2.21. The van der Waals surface area contributed by atoms with Crippen molar-refractivity contribution >= 4 is 39.5 Å². The van der Waals surface area contributed by atoms with Crippen LogP contribution >= 0.6 is 15.6 Å². The average molecular weight is 1610 g/mol. The van der Waals surface area contributed by atoms with Crippen LogP contribution in [0, 0.1) is 11.8 Å². The third-order valence-electron chi connectivity index (χ3n) is 21.8. The first-order chi connectivity index (χ1) is 53.4. The van der Waals surface area contributed by atoms with Gasteiger partial charge in [0.1, 0.15) is 19.3 Å². The second-order valence-corrected chi connectivity index (χ2v) is 36.3. The van der Waals surface area contributed by atoms with Crippen LogP contribution < -0.4 is 0 Å². The Morgan fingerprint density at radius 2 is 0.464 bits per heavy atom. The maximum Gasteiger partial charge on any atom is 0.472 e. The molecule has 0 aromatic heterocycles. The van der Waals surface area contributed by atoms with Crippen molar-refractivity contribution in [2.75, 3.05) is 39.6 Å². The summed E-state index contributed by atoms with van der Waals surface area (Å²) in [5, 5.41) is 10.7. The number of carbonyl (C=O) groups is 4. The molecule has 0 saturated carbocycles. The van der Waals surface area contributed by atoms with Crippen molar-refractivity contribution in [3.05, 3.63) is 0 Å². The summed E-state index contributed by atoms with van der Waals surface area (Å²) < 4.78 is 69.1. The molecule has 17 nitrogen and oxygen atoms in total. The highest BCUT2D eigenvalue weighted by Gasteiger charge is 2.31. The second kappa shape index (κ2) is 82.2. The monoisotopic (exact) mass is 1610 g/mol. The molecule has 654 valence electrons. The summed E-state index contributed by atoms with van der Waals surface area (Å²) in [5.41, 5.74) is 0. The molecule has 0 aliphatic heterocycles. The van der Waals surface area contributed by atoms with Gasteiger partial charge < -0.3 is 33.8 Å². The van der Waals surface area contributed by atoms with E-state index in [2.05, 4.69) is 41.5 Å². The molecule has 3 unspecified atom stereocenters. The summed E-state index contributed by atoms with van der Waals surface area (Å²) in [7, 11) is -9.94. The van der Waals surface area contributed by atoms with Crippen LogP contribution in [-0.4, -0.2) is 96.7 Å². The molecule has 0 rings (SSSR count). The Balaban J connectivity index is 5.26. The molecule has 0 aromatic carbocycles. The Bertz CT molecular complexity index is 2100. The molecular weight excluding hydrogens is 1430 g/mol. The Hall–Kier alpha value is -1.94. The summed E-state index contributed by atoms with van der Waals surface area (Å²) in [5.74, 6) is -0.423. The zero-order chi connectivity index (χ0) is 80.6. The van der Waals surface area contributed by atoms with Crippen molar-refractivity contribution in [1.82, 2.24) is 0 Å². The number of phosphoric acid groups is 2. The predicted molar refractivity (Wildman–Crippen MR) is 455 cm³/mol. The van der Waals surface area contributed by atoms with E-state index in [1.54, 1.807) is 0 Å². The van der Waals surface area contributed by atoms with Crippen LogP contribution in [0.2, 0.25) is 0 Å². The standard InChI is InChI=1S/C91H178O17P2/c1-7-10-12-14-16-18-20-22-23-24-28-31-39-45-51-57-63-69-75-90(95)107-86(79-101-88(93)73-67-61-55-49-43-35-21-19-17-15-13-11-8-2)81-105-109(97,98)103-77-85(92)78-104-110(99,100)106-82-87(80-102-89(94)74-68-62-56-50-44-38-34-33-37-42-48-54-60-66-72-84(6)9-3)108-91(96)76-70-64-58-52-46-40-32-29-26-25-27-30-36-41-47-53-59-65-71-83(4)5/h83-87,92H,7-82H2,1-6H3,(H,97,98)(H,99,100)/t84?,85-,86+,87+/m0/s1. The zero-order valence-electron chi connectivity index (χ0n) is 72.6. The summed E-state index contributed by atoms with van der Waals surface area (Å²) in [6.45, 7) is 9.80. The Labute approximate surface area is 677 Å². The average Bonchev–Trinajstić information content (AvgIpc) is 0.902. The van der Waals surface area contributed by atoms with Crippen LogP contribution in [0.1, 0.15) is 491 Å². The molecule has 110 heavy (non-hydrogen) atoms. The fourth-order valence-electron chi connectivity index (χ4n) is 14.3. The van der Waals surface area contributed by atoms with Gasteiger partial charge in [0.15, 0.2) is 12.2 Å². The normalized spacial score (nSPS) is 14.0. The summed E-state index contributed by atoms with van der Waals surface area (Å²) in [4.78, 5) is 73.5. The molecule has 0 heterocycles. The van der Waals surface area contributed by atoms with Gasteiger partial charge in [0, 0.05) is 25.7 Å². The highest BCUT2D eigenvalue weighted by Crippen LogP contribution is 2.45. The van der Waals surface area contributed by atoms with E-state index in [9.17, 15) is 43.2 Å². The van der Waals surface area contributed by atoms with E-state index in [-0.39, 0.29) is 25.7 Å². The molecule has 0 radical (unpaired) electrons. The Kier molecular flexibility index (Phi) is 80.7. The first kappa shape index (κ1) is 108. The fraction of sp³-hybridized carbons (Fsp3) is 0.956. The van der Waals surface area contributed by atoms with Gasteiger partial charge in [-0.1, -0.05) is 440 Å². The molecule has 3 N–H and O–H groups in total. The highest BCUT2D eigenvalue weighted by atomic mass is 31.2. The SMILES string of the molecule is CCCCCCCCCCCCCCCCCCCCC(=O)O[C@H](COC(=O)CCCCCCCCCCCCCCC)COP(=O)(O)OC[C@H](O)COP(=O)(O)OC[C@@H](COC(=O)CCCCCCCCCCCCCCCCC(C)CC)OC(=O)CCCCCCCCCCCCCCCCCCCCC(C)C. The van der Waals surface area contributed by atoms with Crippen LogP contribution in [0.25, 0.3) is 0 Å². The number of esters is 4. The van der Waals surface area contributed by atoms with Gasteiger partial charge in [-0.05, 0) is 37.5 Å². The van der Waals surface area contributed by atoms with Crippen molar-refractivity contribution in [3.63, 3.8) is 0 Å². The second-order valence-electron chi connectivity index (χ2n) is 33.4. The summed E-state index contributed by atoms with van der Waals surface area (Å²) in [6.07, 6.45) is 76.2. The van der Waals surface area contributed by atoms with Crippen molar-refractivity contribution in [1.29, 1.82) is 0 Å². The largest absolute Gasteiger partial charge is 0.472 e. The number of unbranched alkanes of at least 4 members (excludes halogenated alkanes) is 59. The van der Waals surface area contributed by atoms with Crippen molar-refractivity contribution in [2.24, 2.45) is 11.8 Å². The molecule has 0 bridgehead atoms. The number of hydrogen-bond acceptors (Lipinski definition) is 15. The number of aliphatic hydroxyl groups is 1. The van der Waals surface area contributed by atoms with Crippen molar-refractivity contribution in [2.45, 2.75) is 509 Å². The molecule has 0 amide bonds. The number of carbonyl (C=O) groups excluding carboxylic acids is 4. The molecule has 0 aliphatic rings. The summed E-state index contributed by atoms with van der Waals surface area (Å²) in [6, 6.07) is 0. The number of hydrogen-bond donors (Lipinski definition) is 3. The van der Waals surface area contributed by atoms with E-state index in [1.807, 2.05) is 0 Å². The maximum atomic E-state index is 13.2. The number of ether oxygens (including phenoxy) is 4. The molecule has 0 aromatic rings. The van der Waals surface area contributed by atoms with Gasteiger partial charge in [0.25, 0.3) is 0 Å². The van der Waals surface area contributed by atoms with Crippen LogP contribution in [0.5, 0.6) is 0 Å². The highest BCUT2D eigenvalue weighted by molar-refractivity contribution is 7.47. The Morgan fingerprint density at radius 3 is 0.691 bits per heavy atom. The topological polar surface area (TPSA) is 237 Å². The first-order valence-electron chi connectivity index (χ1n) is 47.0. The third kappa shape index (κ3) is 82.6. The van der Waals surface area contributed by atoms with Crippen LogP contribution in [-0.2, 0) is 65.4 Å². The van der Waals surface area contributed by atoms with Crippen molar-refractivity contribution < 1.29 is 80.2 Å². The maximum absolute atomic E-state index is 13.2. The van der Waals surface area contributed by atoms with E-state index in [0.717, 1.165) is 102 Å². The molecule has 0 saturated heterocycles. The smallest absolute Gasteiger partial charge is 0.462 e. The van der Waals surface area contributed by atoms with E-state index < -0.39 is 97.5 Å². The third-order valence-corrected chi connectivity index (χ3v) is 23.7. The van der Waals surface area contributed by atoms with Gasteiger partial charge in [-0.15, -0.1) is 0 Å². The Morgan fingerprint density at radius 1 is 0.264 bits per heavy atom. The van der Waals surface area contributed by atoms with Gasteiger partial charge in [0.2, 0.25) is 0 Å². The van der Waals surface area contributed by atoms with Gasteiger partial charge >= 0.3 is 39.5 Å². The van der Waals surface area contributed by atoms with E-state index >= 15 is 0 Å². The molecule has 19 heteroatoms. The number of aliphatic hydroxyl groups excluding tert-OH is 1. The van der Waals surface area contributed by atoms with Gasteiger partial charge in [-0.25, -0.2) is 9.13 Å². The number of rotatable bonds is 90. The molecule has 0 aliphatic carbocycles. The lowest BCUT2D eigenvalue weighted by molar-refractivity contribution is -0.161. The minimum absolute atomic E-state index is 0.109. The fourth-order valence-corrected chi connectivity index (χ4v) is 15.9. The zero-order valence-corrected chi connectivity index (χ0v) is 74.4. The predicted octanol–water partition coefficient (Wildman–Crippen LogP) is 28.2. The van der Waals surface area contributed by atoms with Gasteiger partial charge in [-0.2, -0.15) is 0 Å².